The second kappa shape index (κ2) is 5.98. The SMILES string of the molecule is CN(Cc1cc(Br)cs1)c1c(F)cc(CO)cc1F. The third kappa shape index (κ3) is 3.32. The summed E-state index contributed by atoms with van der Waals surface area (Å²) >= 11 is 4.86. The summed E-state index contributed by atoms with van der Waals surface area (Å²) in [5, 5.41) is 10.8. The van der Waals surface area contributed by atoms with E-state index in [-0.39, 0.29) is 17.9 Å². The Morgan fingerprint density at radius 2 is 1.89 bits per heavy atom. The molecule has 102 valence electrons. The number of hydrogen-bond acceptors (Lipinski definition) is 3. The summed E-state index contributed by atoms with van der Waals surface area (Å²) in [5.74, 6) is -1.33. The zero-order valence-corrected chi connectivity index (χ0v) is 12.6. The molecule has 0 amide bonds. The fraction of sp³-hybridized carbons (Fsp3) is 0.231. The van der Waals surface area contributed by atoms with Gasteiger partial charge in [-0.05, 0) is 39.7 Å². The number of aliphatic hydroxyl groups is 1. The Balaban J connectivity index is 2.26. The van der Waals surface area contributed by atoms with Crippen LogP contribution in [0.25, 0.3) is 0 Å². The van der Waals surface area contributed by atoms with Gasteiger partial charge in [-0.1, -0.05) is 0 Å². The van der Waals surface area contributed by atoms with E-state index in [1.807, 2.05) is 11.4 Å². The van der Waals surface area contributed by atoms with Crippen molar-refractivity contribution < 1.29 is 13.9 Å². The van der Waals surface area contributed by atoms with E-state index in [1.54, 1.807) is 7.05 Å². The third-order valence-corrected chi connectivity index (χ3v) is 4.34. The number of rotatable bonds is 4. The summed E-state index contributed by atoms with van der Waals surface area (Å²) in [4.78, 5) is 2.52. The quantitative estimate of drug-likeness (QED) is 0.905. The van der Waals surface area contributed by atoms with Gasteiger partial charge in [0.1, 0.15) is 17.3 Å². The van der Waals surface area contributed by atoms with Crippen molar-refractivity contribution in [2.45, 2.75) is 13.2 Å². The zero-order valence-electron chi connectivity index (χ0n) is 10.2. The Morgan fingerprint density at radius 1 is 1.26 bits per heavy atom. The molecule has 1 heterocycles. The number of aliphatic hydroxyl groups excluding tert-OH is 1. The minimum Gasteiger partial charge on any atom is -0.392 e. The van der Waals surface area contributed by atoms with Gasteiger partial charge < -0.3 is 10.0 Å². The molecule has 19 heavy (non-hydrogen) atoms. The van der Waals surface area contributed by atoms with Crippen LogP contribution in [-0.2, 0) is 13.2 Å². The number of anilines is 1. The minimum atomic E-state index is -0.665. The van der Waals surface area contributed by atoms with Gasteiger partial charge in [-0.25, -0.2) is 8.78 Å². The van der Waals surface area contributed by atoms with Gasteiger partial charge in [-0.3, -0.25) is 0 Å². The number of benzene rings is 1. The Morgan fingerprint density at radius 3 is 2.37 bits per heavy atom. The van der Waals surface area contributed by atoms with Crippen molar-refractivity contribution in [3.63, 3.8) is 0 Å². The van der Waals surface area contributed by atoms with Crippen molar-refractivity contribution in [3.8, 4) is 0 Å². The molecule has 0 aliphatic carbocycles. The van der Waals surface area contributed by atoms with Crippen LogP contribution in [0.4, 0.5) is 14.5 Å². The van der Waals surface area contributed by atoms with E-state index in [0.717, 1.165) is 21.5 Å². The van der Waals surface area contributed by atoms with Gasteiger partial charge in [0.05, 0.1) is 13.2 Å². The maximum absolute atomic E-state index is 13.9. The topological polar surface area (TPSA) is 23.5 Å². The van der Waals surface area contributed by atoms with Gasteiger partial charge in [0, 0.05) is 21.8 Å². The highest BCUT2D eigenvalue weighted by atomic mass is 79.9. The molecule has 0 atom stereocenters. The van der Waals surface area contributed by atoms with Crippen molar-refractivity contribution >= 4 is 33.0 Å². The first kappa shape index (κ1) is 14.4. The third-order valence-electron chi connectivity index (χ3n) is 2.66. The van der Waals surface area contributed by atoms with Crippen molar-refractivity contribution in [1.29, 1.82) is 0 Å². The van der Waals surface area contributed by atoms with Crippen molar-refractivity contribution in [2.24, 2.45) is 0 Å². The molecule has 0 bridgehead atoms. The largest absolute Gasteiger partial charge is 0.392 e. The number of halogens is 3. The van der Waals surface area contributed by atoms with E-state index in [1.165, 1.54) is 16.2 Å². The number of hydrogen-bond donors (Lipinski definition) is 1. The average molecular weight is 348 g/mol. The van der Waals surface area contributed by atoms with Crippen LogP contribution >= 0.6 is 27.3 Å². The normalized spacial score (nSPS) is 10.8. The molecule has 0 saturated heterocycles. The molecular weight excluding hydrogens is 336 g/mol. The van der Waals surface area contributed by atoms with Crippen LogP contribution in [0.3, 0.4) is 0 Å². The van der Waals surface area contributed by atoms with Crippen molar-refractivity contribution in [3.05, 3.63) is 50.1 Å². The summed E-state index contributed by atoms with van der Waals surface area (Å²) in [5.41, 5.74) is 0.146. The standard InChI is InChI=1S/C13H12BrF2NOS/c1-17(5-10-4-9(14)7-19-10)13-11(15)2-8(6-18)3-12(13)16/h2-4,7,18H,5-6H2,1H3. The van der Waals surface area contributed by atoms with E-state index in [4.69, 9.17) is 5.11 Å². The van der Waals surface area contributed by atoms with Crippen LogP contribution in [0.1, 0.15) is 10.4 Å². The Hall–Kier alpha value is -0.980. The molecule has 0 aliphatic heterocycles. The molecule has 1 aromatic carbocycles. The van der Waals surface area contributed by atoms with Gasteiger partial charge in [-0.2, -0.15) is 0 Å². The van der Waals surface area contributed by atoms with Crippen LogP contribution in [-0.4, -0.2) is 12.2 Å². The highest BCUT2D eigenvalue weighted by Gasteiger charge is 2.16. The van der Waals surface area contributed by atoms with Gasteiger partial charge in [-0.15, -0.1) is 11.3 Å². The summed E-state index contributed by atoms with van der Waals surface area (Å²) in [7, 11) is 1.63. The lowest BCUT2D eigenvalue weighted by Gasteiger charge is -2.20. The molecule has 2 nitrogen and oxygen atoms in total. The minimum absolute atomic E-state index is 0.0817. The van der Waals surface area contributed by atoms with E-state index in [9.17, 15) is 8.78 Å². The predicted molar refractivity (Wildman–Crippen MR) is 76.4 cm³/mol. The van der Waals surface area contributed by atoms with Gasteiger partial charge in [0.2, 0.25) is 0 Å². The second-order valence-electron chi connectivity index (χ2n) is 4.15. The molecule has 0 spiro atoms. The Kier molecular flexibility index (Phi) is 4.54. The molecule has 0 radical (unpaired) electrons. The second-order valence-corrected chi connectivity index (χ2v) is 6.06. The lowest BCUT2D eigenvalue weighted by molar-refractivity contribution is 0.280. The Labute approximate surface area is 122 Å². The van der Waals surface area contributed by atoms with Gasteiger partial charge in [0.15, 0.2) is 0 Å². The molecule has 0 aliphatic rings. The number of thiophene rings is 1. The fourth-order valence-electron chi connectivity index (χ4n) is 1.82. The van der Waals surface area contributed by atoms with Crippen LogP contribution in [0.2, 0.25) is 0 Å². The monoisotopic (exact) mass is 347 g/mol. The van der Waals surface area contributed by atoms with Gasteiger partial charge >= 0.3 is 0 Å². The first-order valence-corrected chi connectivity index (χ1v) is 7.21. The zero-order chi connectivity index (χ0) is 14.0. The van der Waals surface area contributed by atoms with E-state index in [2.05, 4.69) is 15.9 Å². The first-order valence-electron chi connectivity index (χ1n) is 5.54. The molecule has 2 rings (SSSR count). The summed E-state index contributed by atoms with van der Waals surface area (Å²) in [6.07, 6.45) is 0. The van der Waals surface area contributed by atoms with Gasteiger partial charge in [0.25, 0.3) is 0 Å². The summed E-state index contributed by atoms with van der Waals surface area (Å²) in [6, 6.07) is 4.22. The number of nitrogens with zero attached hydrogens (tertiary/aromatic N) is 1. The molecule has 0 fully saturated rings. The lowest BCUT2D eigenvalue weighted by Crippen LogP contribution is -2.18. The molecular formula is C13H12BrF2NOS. The van der Waals surface area contributed by atoms with Crippen LogP contribution < -0.4 is 4.90 Å². The summed E-state index contributed by atoms with van der Waals surface area (Å²) in [6.45, 7) is 0.0400. The smallest absolute Gasteiger partial charge is 0.149 e. The molecule has 6 heteroatoms. The molecule has 0 saturated carbocycles. The maximum Gasteiger partial charge on any atom is 0.149 e. The van der Waals surface area contributed by atoms with E-state index in [0.29, 0.717) is 6.54 Å². The average Bonchev–Trinajstić information content (AvgIpc) is 2.73. The van der Waals surface area contributed by atoms with Crippen LogP contribution in [0.15, 0.2) is 28.1 Å². The molecule has 2 aromatic rings. The highest BCUT2D eigenvalue weighted by molar-refractivity contribution is 9.10. The fourth-order valence-corrected chi connectivity index (χ4v) is 3.33. The maximum atomic E-state index is 13.9. The van der Waals surface area contributed by atoms with Crippen molar-refractivity contribution in [2.75, 3.05) is 11.9 Å². The van der Waals surface area contributed by atoms with Crippen molar-refractivity contribution in [1.82, 2.24) is 0 Å². The first-order chi connectivity index (χ1) is 9.01. The van der Waals surface area contributed by atoms with E-state index >= 15 is 0 Å². The molecule has 0 unspecified atom stereocenters. The highest BCUT2D eigenvalue weighted by Crippen LogP contribution is 2.27. The van der Waals surface area contributed by atoms with Crippen LogP contribution in [0.5, 0.6) is 0 Å². The summed E-state index contributed by atoms with van der Waals surface area (Å²) < 4.78 is 28.7. The van der Waals surface area contributed by atoms with E-state index < -0.39 is 11.6 Å². The van der Waals surface area contributed by atoms with Crippen LogP contribution in [0, 0.1) is 11.6 Å². The lowest BCUT2D eigenvalue weighted by atomic mass is 10.2. The predicted octanol–water partition coefficient (Wildman–Crippen LogP) is 3.92. The Bertz CT molecular complexity index is 565. The molecule has 1 N–H and O–H groups in total. The molecule has 1 aromatic heterocycles.